The van der Waals surface area contributed by atoms with Crippen molar-refractivity contribution >= 4 is 33.2 Å². The van der Waals surface area contributed by atoms with Gasteiger partial charge in [-0.2, -0.15) is 9.61 Å². The minimum absolute atomic E-state index is 0.445. The number of nitrogens with zero attached hydrogens (tertiary/aromatic N) is 4. The van der Waals surface area contributed by atoms with Crippen LogP contribution in [0.4, 0.5) is 0 Å². The SMILES string of the molecule is COc1ccc(Br)c(-c2nnc3c(C)c(C)c(Cl)nn23)c1. The molecule has 0 unspecified atom stereocenters. The van der Waals surface area contributed by atoms with Crippen LogP contribution in [-0.4, -0.2) is 26.9 Å². The van der Waals surface area contributed by atoms with Crippen molar-refractivity contribution in [2.45, 2.75) is 13.8 Å². The molecule has 0 saturated heterocycles. The summed E-state index contributed by atoms with van der Waals surface area (Å²) in [4.78, 5) is 0. The maximum atomic E-state index is 6.18. The second kappa shape index (κ2) is 5.27. The molecule has 0 bridgehead atoms. The number of hydrogen-bond donors (Lipinski definition) is 0. The summed E-state index contributed by atoms with van der Waals surface area (Å²) in [6, 6.07) is 5.65. The van der Waals surface area contributed by atoms with Crippen LogP contribution in [0.1, 0.15) is 11.1 Å². The van der Waals surface area contributed by atoms with E-state index in [9.17, 15) is 0 Å². The topological polar surface area (TPSA) is 52.3 Å². The second-order valence-corrected chi connectivity index (χ2v) is 5.86. The van der Waals surface area contributed by atoms with Gasteiger partial charge >= 0.3 is 0 Å². The Morgan fingerprint density at radius 3 is 2.67 bits per heavy atom. The first kappa shape index (κ1) is 14.3. The molecule has 0 atom stereocenters. The Morgan fingerprint density at radius 1 is 1.19 bits per heavy atom. The van der Waals surface area contributed by atoms with E-state index in [1.807, 2.05) is 32.0 Å². The first-order valence-electron chi connectivity index (χ1n) is 6.25. The number of aryl methyl sites for hydroxylation is 1. The van der Waals surface area contributed by atoms with Crippen molar-refractivity contribution in [2.75, 3.05) is 7.11 Å². The monoisotopic (exact) mass is 366 g/mol. The molecule has 0 saturated carbocycles. The molecule has 108 valence electrons. The van der Waals surface area contributed by atoms with Crippen LogP contribution in [0, 0.1) is 13.8 Å². The van der Waals surface area contributed by atoms with E-state index in [1.165, 1.54) is 0 Å². The first-order chi connectivity index (χ1) is 10.0. The molecule has 0 spiro atoms. The third kappa shape index (κ3) is 2.28. The maximum absolute atomic E-state index is 6.18. The van der Waals surface area contributed by atoms with Gasteiger partial charge in [0, 0.05) is 15.6 Å². The molecule has 0 aliphatic heterocycles. The highest BCUT2D eigenvalue weighted by Gasteiger charge is 2.17. The molecular weight excluding hydrogens is 356 g/mol. The Balaban J connectivity index is 2.31. The van der Waals surface area contributed by atoms with Crippen molar-refractivity contribution in [3.8, 4) is 17.1 Å². The predicted octanol–water partition coefficient (Wildman–Crippen LogP) is 3.83. The van der Waals surface area contributed by atoms with Crippen molar-refractivity contribution in [3.63, 3.8) is 0 Å². The average molecular weight is 368 g/mol. The molecule has 7 heteroatoms. The van der Waals surface area contributed by atoms with Crippen LogP contribution in [-0.2, 0) is 0 Å². The molecule has 3 aromatic rings. The molecule has 0 amide bonds. The Morgan fingerprint density at radius 2 is 1.95 bits per heavy atom. The van der Waals surface area contributed by atoms with Gasteiger partial charge < -0.3 is 4.74 Å². The van der Waals surface area contributed by atoms with Crippen molar-refractivity contribution in [1.82, 2.24) is 19.8 Å². The standard InChI is InChI=1S/C14H12BrClN4O/c1-7-8(2)13-17-18-14(20(13)19-12(7)16)10-6-9(21-3)4-5-11(10)15/h4-6H,1-3H3. The summed E-state index contributed by atoms with van der Waals surface area (Å²) in [5.74, 6) is 1.35. The first-order valence-corrected chi connectivity index (χ1v) is 7.42. The minimum atomic E-state index is 0.445. The highest BCUT2D eigenvalue weighted by atomic mass is 79.9. The van der Waals surface area contributed by atoms with Crippen LogP contribution in [0.2, 0.25) is 5.15 Å². The molecule has 0 radical (unpaired) electrons. The van der Waals surface area contributed by atoms with E-state index in [1.54, 1.807) is 11.6 Å². The van der Waals surface area contributed by atoms with Crippen LogP contribution < -0.4 is 4.74 Å². The smallest absolute Gasteiger partial charge is 0.186 e. The lowest BCUT2D eigenvalue weighted by Crippen LogP contribution is -2.00. The summed E-state index contributed by atoms with van der Waals surface area (Å²) in [5.41, 5.74) is 3.41. The van der Waals surface area contributed by atoms with Crippen LogP contribution in [0.3, 0.4) is 0 Å². The second-order valence-electron chi connectivity index (χ2n) is 4.65. The van der Waals surface area contributed by atoms with Gasteiger partial charge in [-0.1, -0.05) is 27.5 Å². The lowest BCUT2D eigenvalue weighted by atomic mass is 10.2. The largest absolute Gasteiger partial charge is 0.497 e. The molecule has 2 aromatic heterocycles. The van der Waals surface area contributed by atoms with Crippen LogP contribution in [0.25, 0.3) is 17.0 Å². The summed E-state index contributed by atoms with van der Waals surface area (Å²) >= 11 is 9.70. The Kier molecular flexibility index (Phi) is 3.59. The molecule has 0 aliphatic carbocycles. The maximum Gasteiger partial charge on any atom is 0.186 e. The molecule has 5 nitrogen and oxygen atoms in total. The van der Waals surface area contributed by atoms with Crippen LogP contribution in [0.15, 0.2) is 22.7 Å². The van der Waals surface area contributed by atoms with Gasteiger partial charge in [-0.15, -0.1) is 10.2 Å². The molecule has 2 heterocycles. The molecule has 3 rings (SSSR count). The summed E-state index contributed by atoms with van der Waals surface area (Å²) < 4.78 is 7.80. The number of halogens is 2. The van der Waals surface area contributed by atoms with Gasteiger partial charge in [0.2, 0.25) is 0 Å². The Bertz CT molecular complexity index is 847. The van der Waals surface area contributed by atoms with Crippen LogP contribution in [0.5, 0.6) is 5.75 Å². The van der Waals surface area contributed by atoms with E-state index in [4.69, 9.17) is 16.3 Å². The van der Waals surface area contributed by atoms with Crippen molar-refractivity contribution in [3.05, 3.63) is 39.0 Å². The van der Waals surface area contributed by atoms with Gasteiger partial charge in [0.25, 0.3) is 0 Å². The molecule has 1 aromatic carbocycles. The van der Waals surface area contributed by atoms with Gasteiger partial charge in [-0.05, 0) is 37.6 Å². The van der Waals surface area contributed by atoms with E-state index in [-0.39, 0.29) is 0 Å². The molecule has 21 heavy (non-hydrogen) atoms. The summed E-state index contributed by atoms with van der Waals surface area (Å²) in [6.45, 7) is 3.87. The lowest BCUT2D eigenvalue weighted by Gasteiger charge is -2.07. The van der Waals surface area contributed by atoms with Gasteiger partial charge in [0.15, 0.2) is 16.6 Å². The fourth-order valence-corrected chi connectivity index (χ4v) is 2.71. The highest BCUT2D eigenvalue weighted by molar-refractivity contribution is 9.10. The lowest BCUT2D eigenvalue weighted by molar-refractivity contribution is 0.415. The fraction of sp³-hybridized carbons (Fsp3) is 0.214. The number of aromatic nitrogens is 4. The molecule has 0 aliphatic rings. The normalized spacial score (nSPS) is 11.1. The van der Waals surface area contributed by atoms with Crippen molar-refractivity contribution in [2.24, 2.45) is 0 Å². The third-order valence-electron chi connectivity index (χ3n) is 3.45. The van der Waals surface area contributed by atoms with Gasteiger partial charge in [0.1, 0.15) is 5.75 Å². The number of rotatable bonds is 2. The number of methoxy groups -OCH3 is 1. The van der Waals surface area contributed by atoms with Crippen molar-refractivity contribution < 1.29 is 4.74 Å². The van der Waals surface area contributed by atoms with E-state index in [0.717, 1.165) is 26.9 Å². The van der Waals surface area contributed by atoms with Gasteiger partial charge in [-0.3, -0.25) is 0 Å². The van der Waals surface area contributed by atoms with Gasteiger partial charge in [0.05, 0.1) is 7.11 Å². The summed E-state index contributed by atoms with van der Waals surface area (Å²) in [6.07, 6.45) is 0. The summed E-state index contributed by atoms with van der Waals surface area (Å²) in [5, 5.41) is 13.3. The number of hydrogen-bond acceptors (Lipinski definition) is 4. The van der Waals surface area contributed by atoms with Crippen LogP contribution >= 0.6 is 27.5 Å². The van der Waals surface area contributed by atoms with E-state index in [2.05, 4.69) is 31.2 Å². The number of benzene rings is 1. The van der Waals surface area contributed by atoms with E-state index >= 15 is 0 Å². The molecule has 0 fully saturated rings. The predicted molar refractivity (Wildman–Crippen MR) is 85.0 cm³/mol. The Labute approximate surface area is 135 Å². The zero-order valence-corrected chi connectivity index (χ0v) is 14.0. The van der Waals surface area contributed by atoms with Gasteiger partial charge in [-0.25, -0.2) is 0 Å². The van der Waals surface area contributed by atoms with E-state index in [0.29, 0.717) is 16.6 Å². The number of fused-ring (bicyclic) bond motifs is 1. The zero-order chi connectivity index (χ0) is 15.1. The summed E-state index contributed by atoms with van der Waals surface area (Å²) in [7, 11) is 1.62. The Hall–Kier alpha value is -1.66. The fourth-order valence-electron chi connectivity index (χ4n) is 2.06. The van der Waals surface area contributed by atoms with E-state index < -0.39 is 0 Å². The third-order valence-corrected chi connectivity index (χ3v) is 4.50. The quantitative estimate of drug-likeness (QED) is 0.691. The molecular formula is C14H12BrClN4O. The minimum Gasteiger partial charge on any atom is -0.497 e. The van der Waals surface area contributed by atoms with Crippen molar-refractivity contribution in [1.29, 1.82) is 0 Å². The average Bonchev–Trinajstić information content (AvgIpc) is 2.89. The number of ether oxygens (including phenoxy) is 1. The zero-order valence-electron chi connectivity index (χ0n) is 11.7. The highest BCUT2D eigenvalue weighted by Crippen LogP contribution is 2.31. The molecule has 0 N–H and O–H groups in total.